The summed E-state index contributed by atoms with van der Waals surface area (Å²) in [7, 11) is 0. The van der Waals surface area contributed by atoms with E-state index in [9.17, 15) is 4.79 Å². The molecule has 2 heterocycles. The molecule has 1 aliphatic rings. The van der Waals surface area contributed by atoms with Crippen LogP contribution in [-0.4, -0.2) is 28.9 Å². The Balaban J connectivity index is 1.50. The lowest BCUT2D eigenvalue weighted by atomic mass is 9.95. The van der Waals surface area contributed by atoms with Crippen LogP contribution in [-0.2, 0) is 11.3 Å². The first-order chi connectivity index (χ1) is 11.2. The van der Waals surface area contributed by atoms with E-state index in [0.717, 1.165) is 38.0 Å². The van der Waals surface area contributed by atoms with Gasteiger partial charge in [0.25, 0.3) is 0 Å². The highest BCUT2D eigenvalue weighted by molar-refractivity contribution is 5.92. The third kappa shape index (κ3) is 4.17. The van der Waals surface area contributed by atoms with E-state index >= 15 is 0 Å². The minimum Gasteiger partial charge on any atom is -0.310 e. The summed E-state index contributed by atoms with van der Waals surface area (Å²) in [6.45, 7) is 4.86. The summed E-state index contributed by atoms with van der Waals surface area (Å²) in [5.41, 5.74) is 2.34. The molecule has 0 spiro atoms. The van der Waals surface area contributed by atoms with Crippen molar-refractivity contribution in [3.05, 3.63) is 59.8 Å². The maximum absolute atomic E-state index is 12.4. The average Bonchev–Trinajstić information content (AvgIpc) is 2.58. The van der Waals surface area contributed by atoms with Crippen LogP contribution in [0.1, 0.15) is 24.0 Å². The molecule has 1 saturated heterocycles. The topological polar surface area (TPSA) is 45.2 Å². The molecule has 1 aromatic heterocycles. The van der Waals surface area contributed by atoms with Gasteiger partial charge >= 0.3 is 0 Å². The SMILES string of the molecule is Cc1cccnc1NC(=O)C1CCN(Cc2ccccc2)CC1. The van der Waals surface area contributed by atoms with Gasteiger partial charge in [-0.1, -0.05) is 36.4 Å². The van der Waals surface area contributed by atoms with Crippen LogP contribution in [0.15, 0.2) is 48.7 Å². The number of nitrogens with zero attached hydrogens (tertiary/aromatic N) is 2. The van der Waals surface area contributed by atoms with E-state index in [2.05, 4.69) is 39.5 Å². The summed E-state index contributed by atoms with van der Waals surface area (Å²) < 4.78 is 0. The maximum atomic E-state index is 12.4. The summed E-state index contributed by atoms with van der Waals surface area (Å²) in [5.74, 6) is 0.874. The quantitative estimate of drug-likeness (QED) is 0.943. The Morgan fingerprint density at radius 2 is 1.91 bits per heavy atom. The monoisotopic (exact) mass is 309 g/mol. The molecule has 0 unspecified atom stereocenters. The molecule has 4 nitrogen and oxygen atoms in total. The molecular formula is C19H23N3O. The molecular weight excluding hydrogens is 286 g/mol. The van der Waals surface area contributed by atoms with Crippen molar-refractivity contribution < 1.29 is 4.79 Å². The van der Waals surface area contributed by atoms with Crippen LogP contribution < -0.4 is 5.32 Å². The Bertz CT molecular complexity index is 649. The fourth-order valence-corrected chi connectivity index (χ4v) is 3.03. The van der Waals surface area contributed by atoms with E-state index in [0.29, 0.717) is 5.82 Å². The summed E-state index contributed by atoms with van der Waals surface area (Å²) in [5, 5.41) is 2.98. The zero-order valence-electron chi connectivity index (χ0n) is 13.5. The zero-order valence-corrected chi connectivity index (χ0v) is 13.5. The lowest BCUT2D eigenvalue weighted by Gasteiger charge is -2.31. The number of likely N-dealkylation sites (tertiary alicyclic amines) is 1. The molecule has 4 heteroatoms. The van der Waals surface area contributed by atoms with Crippen LogP contribution in [0.3, 0.4) is 0 Å². The zero-order chi connectivity index (χ0) is 16.1. The van der Waals surface area contributed by atoms with E-state index in [1.807, 2.05) is 25.1 Å². The van der Waals surface area contributed by atoms with Crippen molar-refractivity contribution in [2.24, 2.45) is 5.92 Å². The summed E-state index contributed by atoms with van der Waals surface area (Å²) >= 11 is 0. The Hall–Kier alpha value is -2.20. The van der Waals surface area contributed by atoms with Gasteiger partial charge in [0.1, 0.15) is 5.82 Å². The first-order valence-corrected chi connectivity index (χ1v) is 8.21. The van der Waals surface area contributed by atoms with E-state index in [-0.39, 0.29) is 11.8 Å². The molecule has 23 heavy (non-hydrogen) atoms. The van der Waals surface area contributed by atoms with Crippen molar-refractivity contribution in [2.75, 3.05) is 18.4 Å². The van der Waals surface area contributed by atoms with Gasteiger partial charge in [-0.2, -0.15) is 0 Å². The molecule has 1 fully saturated rings. The van der Waals surface area contributed by atoms with Crippen LogP contribution in [0.4, 0.5) is 5.82 Å². The van der Waals surface area contributed by atoms with Gasteiger partial charge in [0.15, 0.2) is 0 Å². The van der Waals surface area contributed by atoms with Gasteiger partial charge in [0.2, 0.25) is 5.91 Å². The van der Waals surface area contributed by atoms with Crippen LogP contribution in [0, 0.1) is 12.8 Å². The third-order valence-electron chi connectivity index (χ3n) is 4.46. The van der Waals surface area contributed by atoms with Gasteiger partial charge in [-0.05, 0) is 50.0 Å². The van der Waals surface area contributed by atoms with Gasteiger partial charge in [-0.25, -0.2) is 4.98 Å². The number of carbonyl (C=O) groups is 1. The Kier molecular flexibility index (Phi) is 5.03. The number of benzene rings is 1. The van der Waals surface area contributed by atoms with Crippen LogP contribution in [0.5, 0.6) is 0 Å². The van der Waals surface area contributed by atoms with Crippen molar-refractivity contribution in [3.8, 4) is 0 Å². The number of nitrogens with one attached hydrogen (secondary N) is 1. The Labute approximate surface area is 137 Å². The highest BCUT2D eigenvalue weighted by Crippen LogP contribution is 2.21. The first-order valence-electron chi connectivity index (χ1n) is 8.21. The number of amides is 1. The second-order valence-corrected chi connectivity index (χ2v) is 6.19. The van der Waals surface area contributed by atoms with E-state index in [4.69, 9.17) is 0 Å². The predicted molar refractivity (Wildman–Crippen MR) is 92.0 cm³/mol. The second kappa shape index (κ2) is 7.38. The number of pyridine rings is 1. The highest BCUT2D eigenvalue weighted by atomic mass is 16.1. The molecule has 0 bridgehead atoms. The second-order valence-electron chi connectivity index (χ2n) is 6.19. The standard InChI is InChI=1S/C19H23N3O/c1-15-6-5-11-20-18(15)21-19(23)17-9-12-22(13-10-17)14-16-7-3-2-4-8-16/h2-8,11,17H,9-10,12-14H2,1H3,(H,20,21,23). The van der Waals surface area contributed by atoms with Gasteiger partial charge in [0.05, 0.1) is 0 Å². The number of hydrogen-bond donors (Lipinski definition) is 1. The smallest absolute Gasteiger partial charge is 0.228 e. The van der Waals surface area contributed by atoms with Crippen LogP contribution in [0.25, 0.3) is 0 Å². The fraction of sp³-hybridized carbons (Fsp3) is 0.368. The van der Waals surface area contributed by atoms with E-state index in [1.165, 1.54) is 5.56 Å². The average molecular weight is 309 g/mol. The van der Waals surface area contributed by atoms with Gasteiger partial charge < -0.3 is 5.32 Å². The van der Waals surface area contributed by atoms with E-state index < -0.39 is 0 Å². The predicted octanol–water partition coefficient (Wildman–Crippen LogP) is 3.24. The van der Waals surface area contributed by atoms with Crippen LogP contribution in [0.2, 0.25) is 0 Å². The molecule has 2 aromatic rings. The number of carbonyl (C=O) groups excluding carboxylic acids is 1. The molecule has 0 radical (unpaired) electrons. The molecule has 1 aromatic carbocycles. The van der Waals surface area contributed by atoms with Crippen molar-refractivity contribution >= 4 is 11.7 Å². The lowest BCUT2D eigenvalue weighted by Crippen LogP contribution is -2.37. The molecule has 0 atom stereocenters. The summed E-state index contributed by atoms with van der Waals surface area (Å²) in [6, 6.07) is 14.3. The highest BCUT2D eigenvalue weighted by Gasteiger charge is 2.25. The van der Waals surface area contributed by atoms with Crippen molar-refractivity contribution in [2.45, 2.75) is 26.3 Å². The molecule has 0 saturated carbocycles. The van der Waals surface area contributed by atoms with Gasteiger partial charge in [-0.3, -0.25) is 9.69 Å². The maximum Gasteiger partial charge on any atom is 0.228 e. The van der Waals surface area contributed by atoms with Crippen molar-refractivity contribution in [3.63, 3.8) is 0 Å². The number of aryl methyl sites for hydroxylation is 1. The normalized spacial score (nSPS) is 16.2. The Morgan fingerprint density at radius 1 is 1.17 bits per heavy atom. The lowest BCUT2D eigenvalue weighted by molar-refractivity contribution is -0.121. The third-order valence-corrected chi connectivity index (χ3v) is 4.46. The van der Waals surface area contributed by atoms with E-state index in [1.54, 1.807) is 6.20 Å². The molecule has 120 valence electrons. The molecule has 1 N–H and O–H groups in total. The summed E-state index contributed by atoms with van der Waals surface area (Å²) in [4.78, 5) is 19.1. The first kappa shape index (κ1) is 15.7. The minimum absolute atomic E-state index is 0.0865. The summed E-state index contributed by atoms with van der Waals surface area (Å²) in [6.07, 6.45) is 3.53. The Morgan fingerprint density at radius 3 is 2.61 bits per heavy atom. The molecule has 1 amide bonds. The van der Waals surface area contributed by atoms with Crippen molar-refractivity contribution in [1.82, 2.24) is 9.88 Å². The van der Waals surface area contributed by atoms with Gasteiger partial charge in [-0.15, -0.1) is 0 Å². The number of aromatic nitrogens is 1. The number of piperidine rings is 1. The molecule has 1 aliphatic heterocycles. The fourth-order valence-electron chi connectivity index (χ4n) is 3.03. The largest absolute Gasteiger partial charge is 0.310 e. The number of hydrogen-bond acceptors (Lipinski definition) is 3. The van der Waals surface area contributed by atoms with Gasteiger partial charge in [0, 0.05) is 18.7 Å². The van der Waals surface area contributed by atoms with Crippen LogP contribution >= 0.6 is 0 Å². The molecule has 0 aliphatic carbocycles. The van der Waals surface area contributed by atoms with Crippen molar-refractivity contribution in [1.29, 1.82) is 0 Å². The number of anilines is 1. The molecule has 3 rings (SSSR count). The number of rotatable bonds is 4. The minimum atomic E-state index is 0.0865.